The molecule has 0 saturated heterocycles. The summed E-state index contributed by atoms with van der Waals surface area (Å²) in [7, 11) is 0. The zero-order valence-corrected chi connectivity index (χ0v) is 7.52. The molecule has 11 heavy (non-hydrogen) atoms. The van der Waals surface area contributed by atoms with Gasteiger partial charge in [0, 0.05) is 17.8 Å². The Balaban J connectivity index is 2.60. The van der Waals surface area contributed by atoms with Crippen molar-refractivity contribution in [2.24, 2.45) is 0 Å². The van der Waals surface area contributed by atoms with E-state index < -0.39 is 0 Å². The molecule has 0 amide bonds. The first kappa shape index (κ1) is 8.31. The maximum atomic E-state index is 4.28. The summed E-state index contributed by atoms with van der Waals surface area (Å²) in [6, 6.07) is 0. The van der Waals surface area contributed by atoms with Crippen LogP contribution in [-0.4, -0.2) is 9.97 Å². The molecule has 0 bridgehead atoms. The average molecular weight is 152 g/mol. The van der Waals surface area contributed by atoms with Crippen molar-refractivity contribution in [3.8, 4) is 0 Å². The van der Waals surface area contributed by atoms with E-state index in [1.54, 1.807) is 0 Å². The van der Waals surface area contributed by atoms with Crippen LogP contribution in [0.25, 0.3) is 0 Å². The molecule has 0 radical (unpaired) electrons. The molecule has 62 valence electrons. The summed E-state index contributed by atoms with van der Waals surface area (Å²) < 4.78 is 0. The van der Waals surface area contributed by atoms with E-state index in [2.05, 4.69) is 23.8 Å². The largest absolute Gasteiger partial charge is 0.346 e. The topological polar surface area (TPSA) is 28.7 Å². The summed E-state index contributed by atoms with van der Waals surface area (Å²) in [5.74, 6) is 1.71. The molecule has 1 N–H and O–H groups in total. The van der Waals surface area contributed by atoms with E-state index in [1.165, 1.54) is 12.8 Å². The molecule has 1 atom stereocenters. The van der Waals surface area contributed by atoms with Crippen LogP contribution in [0.3, 0.4) is 0 Å². The van der Waals surface area contributed by atoms with E-state index in [4.69, 9.17) is 0 Å². The Hall–Kier alpha value is -0.790. The summed E-state index contributed by atoms with van der Waals surface area (Å²) in [6.07, 6.45) is 4.33. The predicted molar refractivity (Wildman–Crippen MR) is 46.6 cm³/mol. The van der Waals surface area contributed by atoms with Gasteiger partial charge in [0.05, 0.1) is 0 Å². The number of hydrogen-bond acceptors (Lipinski definition) is 1. The van der Waals surface area contributed by atoms with Crippen LogP contribution in [0.2, 0.25) is 0 Å². The molecule has 2 heteroatoms. The third kappa shape index (κ3) is 2.07. The highest BCUT2D eigenvalue weighted by Gasteiger charge is 2.06. The molecule has 0 aromatic carbocycles. The number of aryl methyl sites for hydroxylation is 1. The van der Waals surface area contributed by atoms with Gasteiger partial charge in [-0.25, -0.2) is 4.98 Å². The van der Waals surface area contributed by atoms with E-state index >= 15 is 0 Å². The number of aromatic amines is 1. The number of imidazole rings is 1. The Bertz CT molecular complexity index is 215. The Morgan fingerprint density at radius 3 is 2.82 bits per heavy atom. The van der Waals surface area contributed by atoms with E-state index in [0.717, 1.165) is 11.5 Å². The molecule has 1 heterocycles. The van der Waals surface area contributed by atoms with Crippen LogP contribution in [0.15, 0.2) is 6.20 Å². The molecule has 0 aliphatic heterocycles. The third-order valence-corrected chi connectivity index (χ3v) is 1.91. The summed E-state index contributed by atoms with van der Waals surface area (Å²) in [5.41, 5.74) is 1.16. The standard InChI is InChI=1S/C9H16N2/c1-4-5-7(2)9-10-6-8(3)11-9/h6-7H,4-5H2,1-3H3,(H,10,11). The van der Waals surface area contributed by atoms with Crippen molar-refractivity contribution in [2.45, 2.75) is 39.5 Å². The van der Waals surface area contributed by atoms with Crippen molar-refractivity contribution in [1.29, 1.82) is 0 Å². The van der Waals surface area contributed by atoms with Crippen molar-refractivity contribution in [3.05, 3.63) is 17.7 Å². The number of H-pyrrole nitrogens is 1. The fourth-order valence-electron chi connectivity index (χ4n) is 1.25. The highest BCUT2D eigenvalue weighted by Crippen LogP contribution is 2.16. The lowest BCUT2D eigenvalue weighted by molar-refractivity contribution is 0.633. The second-order valence-corrected chi connectivity index (χ2v) is 3.14. The van der Waals surface area contributed by atoms with E-state index in [-0.39, 0.29) is 0 Å². The van der Waals surface area contributed by atoms with Crippen molar-refractivity contribution in [3.63, 3.8) is 0 Å². The number of nitrogens with one attached hydrogen (secondary N) is 1. The average Bonchev–Trinajstić information content (AvgIpc) is 2.36. The van der Waals surface area contributed by atoms with Crippen molar-refractivity contribution in [2.75, 3.05) is 0 Å². The Morgan fingerprint density at radius 2 is 2.36 bits per heavy atom. The lowest BCUT2D eigenvalue weighted by Crippen LogP contribution is -1.95. The smallest absolute Gasteiger partial charge is 0.109 e. The molecule has 1 aromatic heterocycles. The molecule has 0 spiro atoms. The molecule has 2 nitrogen and oxygen atoms in total. The van der Waals surface area contributed by atoms with Gasteiger partial charge in [0.25, 0.3) is 0 Å². The SMILES string of the molecule is CCCC(C)c1ncc(C)[nH]1. The molecule has 1 unspecified atom stereocenters. The lowest BCUT2D eigenvalue weighted by atomic mass is 10.1. The van der Waals surface area contributed by atoms with E-state index in [1.807, 2.05) is 13.1 Å². The maximum absolute atomic E-state index is 4.28. The van der Waals surface area contributed by atoms with Gasteiger partial charge >= 0.3 is 0 Å². The van der Waals surface area contributed by atoms with Gasteiger partial charge in [0.1, 0.15) is 5.82 Å². The number of nitrogens with zero attached hydrogens (tertiary/aromatic N) is 1. The van der Waals surface area contributed by atoms with Gasteiger partial charge < -0.3 is 4.98 Å². The number of rotatable bonds is 3. The fourth-order valence-corrected chi connectivity index (χ4v) is 1.25. The van der Waals surface area contributed by atoms with Gasteiger partial charge in [-0.2, -0.15) is 0 Å². The van der Waals surface area contributed by atoms with Crippen molar-refractivity contribution < 1.29 is 0 Å². The van der Waals surface area contributed by atoms with Gasteiger partial charge in [-0.3, -0.25) is 0 Å². The molecule has 1 aromatic rings. The van der Waals surface area contributed by atoms with Crippen LogP contribution in [0.1, 0.15) is 44.1 Å². The summed E-state index contributed by atoms with van der Waals surface area (Å²) in [4.78, 5) is 7.53. The monoisotopic (exact) mass is 152 g/mol. The number of aromatic nitrogens is 2. The molecule has 0 fully saturated rings. The molecule has 1 rings (SSSR count). The molecule has 0 aliphatic rings. The predicted octanol–water partition coefficient (Wildman–Crippen LogP) is 2.62. The van der Waals surface area contributed by atoms with Gasteiger partial charge in [0.15, 0.2) is 0 Å². The highest BCUT2D eigenvalue weighted by atomic mass is 14.9. The first-order valence-electron chi connectivity index (χ1n) is 4.25. The summed E-state index contributed by atoms with van der Waals surface area (Å²) >= 11 is 0. The second-order valence-electron chi connectivity index (χ2n) is 3.14. The number of hydrogen-bond donors (Lipinski definition) is 1. The van der Waals surface area contributed by atoms with E-state index in [9.17, 15) is 0 Å². The molecule has 0 aliphatic carbocycles. The molecule has 0 saturated carbocycles. The minimum absolute atomic E-state index is 0.577. The van der Waals surface area contributed by atoms with Gasteiger partial charge in [-0.15, -0.1) is 0 Å². The molecular formula is C9H16N2. The van der Waals surface area contributed by atoms with Gasteiger partial charge in [0.2, 0.25) is 0 Å². The first-order valence-corrected chi connectivity index (χ1v) is 4.25. The quantitative estimate of drug-likeness (QED) is 0.708. The lowest BCUT2D eigenvalue weighted by Gasteiger charge is -2.04. The van der Waals surface area contributed by atoms with Crippen LogP contribution in [0.4, 0.5) is 0 Å². The Morgan fingerprint density at radius 1 is 1.64 bits per heavy atom. The van der Waals surface area contributed by atoms with Gasteiger partial charge in [-0.1, -0.05) is 20.3 Å². The second kappa shape index (κ2) is 3.56. The van der Waals surface area contributed by atoms with Crippen molar-refractivity contribution in [1.82, 2.24) is 9.97 Å². The van der Waals surface area contributed by atoms with Crippen LogP contribution >= 0.6 is 0 Å². The molecular weight excluding hydrogens is 136 g/mol. The normalized spacial score (nSPS) is 13.4. The Kier molecular flexibility index (Phi) is 2.69. The first-order chi connectivity index (χ1) is 5.24. The third-order valence-electron chi connectivity index (χ3n) is 1.91. The van der Waals surface area contributed by atoms with Crippen LogP contribution in [-0.2, 0) is 0 Å². The van der Waals surface area contributed by atoms with Crippen LogP contribution in [0, 0.1) is 6.92 Å². The summed E-state index contributed by atoms with van der Waals surface area (Å²) in [6.45, 7) is 6.45. The van der Waals surface area contributed by atoms with E-state index in [0.29, 0.717) is 5.92 Å². The highest BCUT2D eigenvalue weighted by molar-refractivity contribution is 5.02. The van der Waals surface area contributed by atoms with Crippen LogP contribution < -0.4 is 0 Å². The van der Waals surface area contributed by atoms with Gasteiger partial charge in [-0.05, 0) is 13.3 Å². The minimum Gasteiger partial charge on any atom is -0.346 e. The van der Waals surface area contributed by atoms with Crippen molar-refractivity contribution >= 4 is 0 Å². The zero-order valence-electron chi connectivity index (χ0n) is 7.52. The minimum atomic E-state index is 0.577. The fraction of sp³-hybridized carbons (Fsp3) is 0.667. The summed E-state index contributed by atoms with van der Waals surface area (Å²) in [5, 5.41) is 0. The van der Waals surface area contributed by atoms with Crippen LogP contribution in [0.5, 0.6) is 0 Å². The Labute approximate surface area is 68.0 Å². The maximum Gasteiger partial charge on any atom is 0.109 e. The zero-order chi connectivity index (χ0) is 8.27.